The molecule has 0 saturated carbocycles. The molecule has 0 aliphatic heterocycles. The van der Waals surface area contributed by atoms with Crippen LogP contribution in [0.5, 0.6) is 0 Å². The zero-order chi connectivity index (χ0) is 14.1. The quantitative estimate of drug-likeness (QED) is 0.721. The van der Waals surface area contributed by atoms with Crippen LogP contribution in [0.1, 0.15) is 11.6 Å². The number of carbonyl (C=O) groups is 1. The van der Waals surface area contributed by atoms with Crippen LogP contribution in [-0.4, -0.2) is 30.8 Å². The molecule has 0 aliphatic carbocycles. The fourth-order valence-corrected chi connectivity index (χ4v) is 2.39. The Kier molecular flexibility index (Phi) is 3.03. The lowest BCUT2D eigenvalue weighted by molar-refractivity contribution is -0.139. The van der Waals surface area contributed by atoms with Crippen molar-refractivity contribution < 1.29 is 9.90 Å². The van der Waals surface area contributed by atoms with Gasteiger partial charge in [-0.05, 0) is 5.56 Å². The second kappa shape index (κ2) is 4.86. The summed E-state index contributed by atoms with van der Waals surface area (Å²) >= 11 is 5.34. The number of carboxylic acid groups (broad SMARTS) is 1. The van der Waals surface area contributed by atoms with E-state index < -0.39 is 12.0 Å². The van der Waals surface area contributed by atoms with Crippen LogP contribution in [-0.2, 0) is 4.79 Å². The molecular weight excluding hydrogens is 276 g/mol. The van der Waals surface area contributed by atoms with E-state index in [2.05, 4.69) is 15.2 Å². The van der Waals surface area contributed by atoms with Gasteiger partial charge in [0.25, 0.3) is 0 Å². The zero-order valence-electron chi connectivity index (χ0n) is 10.2. The normalized spacial score (nSPS) is 12.4. The number of H-pyrrole nitrogens is 1. The first-order valence-electron chi connectivity index (χ1n) is 5.86. The number of fused-ring (bicyclic) bond motifs is 1. The Morgan fingerprint density at radius 2 is 2.10 bits per heavy atom. The summed E-state index contributed by atoms with van der Waals surface area (Å²) in [6, 6.07) is 8.01. The lowest BCUT2D eigenvalue weighted by Crippen LogP contribution is -2.21. The summed E-state index contributed by atoms with van der Waals surface area (Å²) in [6.45, 7) is 0. The molecule has 3 aromatic rings. The lowest BCUT2D eigenvalue weighted by atomic mass is 10.1. The third-order valence-electron chi connectivity index (χ3n) is 3.02. The third-order valence-corrected chi connectivity index (χ3v) is 3.45. The Hall–Kier alpha value is -2.54. The van der Waals surface area contributed by atoms with E-state index in [1.54, 1.807) is 30.5 Å². The van der Waals surface area contributed by atoms with Crippen molar-refractivity contribution in [2.75, 3.05) is 0 Å². The van der Waals surface area contributed by atoms with Gasteiger partial charge < -0.3 is 9.67 Å². The largest absolute Gasteiger partial charge is 0.479 e. The maximum atomic E-state index is 11.6. The molecule has 1 atom stereocenters. The van der Waals surface area contributed by atoms with E-state index in [1.165, 1.54) is 10.9 Å². The van der Waals surface area contributed by atoms with E-state index in [4.69, 9.17) is 12.2 Å². The number of nitrogens with one attached hydrogen (secondary N) is 1. The maximum Gasteiger partial charge on any atom is 0.331 e. The Balaban J connectivity index is 2.23. The summed E-state index contributed by atoms with van der Waals surface area (Å²) in [4.78, 5) is 15.8. The van der Waals surface area contributed by atoms with E-state index in [0.717, 1.165) is 0 Å². The average molecular weight is 286 g/mol. The van der Waals surface area contributed by atoms with Crippen LogP contribution < -0.4 is 0 Å². The molecule has 0 amide bonds. The molecule has 100 valence electrons. The Labute approximate surface area is 118 Å². The summed E-state index contributed by atoms with van der Waals surface area (Å²) in [5, 5.41) is 16.7. The molecule has 1 unspecified atom stereocenters. The second-order valence-corrected chi connectivity index (χ2v) is 4.63. The number of rotatable bonds is 3. The molecule has 2 heterocycles. The number of aromatic nitrogens is 4. The Morgan fingerprint density at radius 1 is 1.35 bits per heavy atom. The van der Waals surface area contributed by atoms with Crippen LogP contribution in [0.3, 0.4) is 0 Å². The van der Waals surface area contributed by atoms with Crippen LogP contribution in [0.25, 0.3) is 11.0 Å². The highest BCUT2D eigenvalue weighted by molar-refractivity contribution is 7.71. The number of aliphatic carboxylic acids is 1. The van der Waals surface area contributed by atoms with Gasteiger partial charge in [-0.3, -0.25) is 5.10 Å². The van der Waals surface area contributed by atoms with E-state index in [9.17, 15) is 9.90 Å². The van der Waals surface area contributed by atoms with E-state index >= 15 is 0 Å². The molecule has 0 radical (unpaired) electrons. The first-order chi connectivity index (χ1) is 9.68. The number of nitrogens with zero attached hydrogens (tertiary/aromatic N) is 3. The lowest BCUT2D eigenvalue weighted by Gasteiger charge is -2.16. The van der Waals surface area contributed by atoms with Crippen molar-refractivity contribution in [3.8, 4) is 0 Å². The van der Waals surface area contributed by atoms with Gasteiger partial charge in [0.15, 0.2) is 11.7 Å². The van der Waals surface area contributed by atoms with Gasteiger partial charge in [-0.1, -0.05) is 42.5 Å². The van der Waals surface area contributed by atoms with Crippen molar-refractivity contribution >= 4 is 29.2 Å². The van der Waals surface area contributed by atoms with Crippen LogP contribution in [0.4, 0.5) is 0 Å². The van der Waals surface area contributed by atoms with Gasteiger partial charge in [0, 0.05) is 0 Å². The number of carboxylic acids is 1. The molecule has 0 spiro atoms. The van der Waals surface area contributed by atoms with E-state index in [-0.39, 0.29) is 0 Å². The number of aromatic amines is 1. The van der Waals surface area contributed by atoms with Crippen molar-refractivity contribution in [3.63, 3.8) is 0 Å². The average Bonchev–Trinajstić information content (AvgIpc) is 2.92. The molecule has 0 bridgehead atoms. The number of hydrogen-bond donors (Lipinski definition) is 2. The number of benzene rings is 1. The summed E-state index contributed by atoms with van der Waals surface area (Å²) in [6.07, 6.45) is 2.97. The summed E-state index contributed by atoms with van der Waals surface area (Å²) in [5.41, 5.74) is 1.18. The summed E-state index contributed by atoms with van der Waals surface area (Å²) in [7, 11) is 0. The van der Waals surface area contributed by atoms with E-state index in [1.807, 2.05) is 6.07 Å². The van der Waals surface area contributed by atoms with Crippen molar-refractivity contribution in [3.05, 3.63) is 53.1 Å². The first-order valence-corrected chi connectivity index (χ1v) is 6.27. The Bertz CT molecular complexity index is 825. The summed E-state index contributed by atoms with van der Waals surface area (Å²) < 4.78 is 1.85. The van der Waals surface area contributed by atoms with Gasteiger partial charge in [-0.25, -0.2) is 9.78 Å². The van der Waals surface area contributed by atoms with Crippen molar-refractivity contribution in [2.45, 2.75) is 6.04 Å². The molecule has 0 fully saturated rings. The smallest absolute Gasteiger partial charge is 0.331 e. The molecular formula is C13H10N4O2S. The molecule has 0 saturated heterocycles. The SMILES string of the molecule is O=C(O)C(c1ccccc1)n1cnc2[nH]ncc2c1=S. The van der Waals surface area contributed by atoms with Gasteiger partial charge in [0.1, 0.15) is 4.64 Å². The van der Waals surface area contributed by atoms with Gasteiger partial charge in [0.2, 0.25) is 0 Å². The summed E-state index contributed by atoms with van der Waals surface area (Å²) in [5.74, 6) is -0.989. The molecule has 1 aromatic carbocycles. The first kappa shape index (κ1) is 12.5. The highest BCUT2D eigenvalue weighted by Gasteiger charge is 2.22. The van der Waals surface area contributed by atoms with Crippen molar-refractivity contribution in [2.24, 2.45) is 0 Å². The minimum absolute atomic E-state index is 0.389. The number of hydrogen-bond acceptors (Lipinski definition) is 4. The molecule has 0 aliphatic rings. The van der Waals surface area contributed by atoms with Crippen molar-refractivity contribution in [1.82, 2.24) is 19.7 Å². The molecule has 2 N–H and O–H groups in total. The van der Waals surface area contributed by atoms with Crippen LogP contribution in [0.15, 0.2) is 42.9 Å². The van der Waals surface area contributed by atoms with Gasteiger partial charge in [-0.2, -0.15) is 5.10 Å². The third kappa shape index (κ3) is 1.97. The van der Waals surface area contributed by atoms with E-state index in [0.29, 0.717) is 21.2 Å². The minimum Gasteiger partial charge on any atom is -0.479 e. The molecule has 3 rings (SSSR count). The van der Waals surface area contributed by atoms with Crippen LogP contribution >= 0.6 is 12.2 Å². The van der Waals surface area contributed by atoms with Gasteiger partial charge >= 0.3 is 5.97 Å². The highest BCUT2D eigenvalue weighted by Crippen LogP contribution is 2.21. The molecule has 20 heavy (non-hydrogen) atoms. The topological polar surface area (TPSA) is 83.8 Å². The van der Waals surface area contributed by atoms with Crippen LogP contribution in [0.2, 0.25) is 0 Å². The minimum atomic E-state index is -0.989. The monoisotopic (exact) mass is 286 g/mol. The molecule has 2 aromatic heterocycles. The van der Waals surface area contributed by atoms with Gasteiger partial charge in [-0.15, -0.1) is 0 Å². The molecule has 6 nitrogen and oxygen atoms in total. The zero-order valence-corrected chi connectivity index (χ0v) is 11.0. The van der Waals surface area contributed by atoms with Crippen molar-refractivity contribution in [1.29, 1.82) is 0 Å². The maximum absolute atomic E-state index is 11.6. The fraction of sp³-hybridized carbons (Fsp3) is 0.0769. The predicted molar refractivity (Wildman–Crippen MR) is 74.9 cm³/mol. The van der Waals surface area contributed by atoms with Gasteiger partial charge in [0.05, 0.1) is 17.9 Å². The van der Waals surface area contributed by atoms with Crippen LogP contribution in [0, 0.1) is 4.64 Å². The second-order valence-electron chi connectivity index (χ2n) is 4.24. The standard InChI is InChI=1S/C13H10N4O2S/c18-13(19)10(8-4-2-1-3-5-8)17-7-14-11-9(12(17)20)6-15-16-11/h1-7,10H,(H,15,16)(H,18,19). The Morgan fingerprint density at radius 3 is 2.80 bits per heavy atom. The molecule has 7 heteroatoms. The highest BCUT2D eigenvalue weighted by atomic mass is 32.1. The predicted octanol–water partition coefficient (Wildman–Crippen LogP) is 2.16. The fourth-order valence-electron chi connectivity index (χ4n) is 2.09.